The molecule has 0 saturated carbocycles. The molecule has 3 N–H and O–H groups in total. The van der Waals surface area contributed by atoms with Crippen LogP contribution in [-0.2, 0) is 0 Å². The van der Waals surface area contributed by atoms with Crippen molar-refractivity contribution in [2.45, 2.75) is 26.3 Å². The Hall–Kier alpha value is -1.03. The Balaban J connectivity index is 2.81. The number of rotatable bonds is 3. The van der Waals surface area contributed by atoms with Gasteiger partial charge in [0, 0.05) is 6.04 Å². The number of hydrogen-bond acceptors (Lipinski definition) is 4. The molecule has 5 heteroatoms. The van der Waals surface area contributed by atoms with E-state index in [0.717, 1.165) is 6.42 Å². The molecule has 0 fully saturated rings. The number of halogens is 1. The van der Waals surface area contributed by atoms with Gasteiger partial charge in [-0.1, -0.05) is 18.5 Å². The van der Waals surface area contributed by atoms with Crippen LogP contribution in [0.25, 0.3) is 0 Å². The Labute approximate surface area is 82.5 Å². The molecule has 0 aliphatic carbocycles. The minimum atomic E-state index is 0.232. The van der Waals surface area contributed by atoms with Crippen LogP contribution in [0.4, 0.5) is 11.8 Å². The Morgan fingerprint density at radius 1 is 1.69 bits per heavy atom. The first-order chi connectivity index (χ1) is 6.13. The Kier molecular flexibility index (Phi) is 3.31. The van der Waals surface area contributed by atoms with Crippen molar-refractivity contribution in [3.8, 4) is 0 Å². The van der Waals surface area contributed by atoms with Gasteiger partial charge >= 0.3 is 0 Å². The summed E-state index contributed by atoms with van der Waals surface area (Å²) in [5.41, 5.74) is 5.42. The zero-order chi connectivity index (χ0) is 9.84. The van der Waals surface area contributed by atoms with Gasteiger partial charge in [0.05, 0.1) is 6.20 Å². The number of nitrogens with zero attached hydrogens (tertiary/aromatic N) is 2. The summed E-state index contributed by atoms with van der Waals surface area (Å²) in [4.78, 5) is 7.75. The van der Waals surface area contributed by atoms with Crippen LogP contribution in [0, 0.1) is 0 Å². The molecule has 1 heterocycles. The van der Waals surface area contributed by atoms with Crippen molar-refractivity contribution in [3.63, 3.8) is 0 Å². The molecule has 0 unspecified atom stereocenters. The Morgan fingerprint density at radius 2 is 2.38 bits per heavy atom. The first-order valence-electron chi connectivity index (χ1n) is 4.18. The largest absolute Gasteiger partial charge is 0.368 e. The van der Waals surface area contributed by atoms with Crippen LogP contribution in [-0.4, -0.2) is 16.0 Å². The topological polar surface area (TPSA) is 63.8 Å². The second-order valence-corrected chi connectivity index (χ2v) is 3.29. The fraction of sp³-hybridized carbons (Fsp3) is 0.500. The molecule has 0 spiro atoms. The van der Waals surface area contributed by atoms with E-state index in [4.69, 9.17) is 17.3 Å². The molecule has 72 valence electrons. The summed E-state index contributed by atoms with van der Waals surface area (Å²) >= 11 is 5.85. The standard InChI is InChI=1S/C8H13ClN4/c1-3-5(2)12-7-6(9)4-11-8(10)13-7/h4-5H,3H2,1-2H3,(H3,10,11,12,13)/t5-/m0/s1. The number of nitrogens with one attached hydrogen (secondary N) is 1. The second kappa shape index (κ2) is 4.28. The zero-order valence-corrected chi connectivity index (χ0v) is 8.47. The highest BCUT2D eigenvalue weighted by molar-refractivity contribution is 6.32. The molecule has 0 radical (unpaired) electrons. The highest BCUT2D eigenvalue weighted by Crippen LogP contribution is 2.19. The highest BCUT2D eigenvalue weighted by atomic mass is 35.5. The van der Waals surface area contributed by atoms with Crippen LogP contribution in [0.15, 0.2) is 6.20 Å². The lowest BCUT2D eigenvalue weighted by Gasteiger charge is -2.12. The molecule has 0 aliphatic heterocycles. The van der Waals surface area contributed by atoms with Crippen molar-refractivity contribution in [1.29, 1.82) is 0 Å². The minimum Gasteiger partial charge on any atom is -0.368 e. The van der Waals surface area contributed by atoms with Gasteiger partial charge in [-0.05, 0) is 13.3 Å². The van der Waals surface area contributed by atoms with Crippen LogP contribution in [0.2, 0.25) is 5.02 Å². The summed E-state index contributed by atoms with van der Waals surface area (Å²) < 4.78 is 0. The molecule has 0 saturated heterocycles. The van der Waals surface area contributed by atoms with E-state index < -0.39 is 0 Å². The quantitative estimate of drug-likeness (QED) is 0.783. The van der Waals surface area contributed by atoms with Crippen molar-refractivity contribution < 1.29 is 0 Å². The highest BCUT2D eigenvalue weighted by Gasteiger charge is 2.05. The van der Waals surface area contributed by atoms with E-state index >= 15 is 0 Å². The first-order valence-corrected chi connectivity index (χ1v) is 4.55. The molecule has 0 bridgehead atoms. The minimum absolute atomic E-state index is 0.232. The third-order valence-electron chi connectivity index (χ3n) is 1.76. The van der Waals surface area contributed by atoms with Crippen LogP contribution < -0.4 is 11.1 Å². The maximum absolute atomic E-state index is 5.85. The van der Waals surface area contributed by atoms with E-state index in [1.54, 1.807) is 0 Å². The van der Waals surface area contributed by atoms with Crippen molar-refractivity contribution in [2.75, 3.05) is 11.1 Å². The predicted molar refractivity (Wildman–Crippen MR) is 54.8 cm³/mol. The van der Waals surface area contributed by atoms with Gasteiger partial charge in [0.1, 0.15) is 5.02 Å². The molecule has 13 heavy (non-hydrogen) atoms. The summed E-state index contributed by atoms with van der Waals surface area (Å²) in [6, 6.07) is 0.326. The molecule has 0 aromatic carbocycles. The van der Waals surface area contributed by atoms with Gasteiger partial charge in [0.15, 0.2) is 5.82 Å². The molecule has 0 aliphatic rings. The first kappa shape index (κ1) is 10.1. The fourth-order valence-corrected chi connectivity index (χ4v) is 0.963. The van der Waals surface area contributed by atoms with Crippen molar-refractivity contribution in [3.05, 3.63) is 11.2 Å². The number of nitrogen functional groups attached to an aromatic ring is 1. The van der Waals surface area contributed by atoms with Gasteiger partial charge in [-0.15, -0.1) is 0 Å². The zero-order valence-electron chi connectivity index (χ0n) is 7.71. The smallest absolute Gasteiger partial charge is 0.222 e. The van der Waals surface area contributed by atoms with Crippen LogP contribution in [0.5, 0.6) is 0 Å². The fourth-order valence-electron chi connectivity index (χ4n) is 0.817. The summed E-state index contributed by atoms with van der Waals surface area (Å²) in [5, 5.41) is 3.63. The Morgan fingerprint density at radius 3 is 3.00 bits per heavy atom. The van der Waals surface area contributed by atoms with Gasteiger partial charge in [-0.25, -0.2) is 4.98 Å². The third-order valence-corrected chi connectivity index (χ3v) is 2.03. The predicted octanol–water partition coefficient (Wildman–Crippen LogP) is 1.92. The summed E-state index contributed by atoms with van der Waals surface area (Å²) in [6.07, 6.45) is 2.49. The molecule has 1 rings (SSSR count). The average Bonchev–Trinajstić information content (AvgIpc) is 2.11. The Bertz CT molecular complexity index is 289. The summed E-state index contributed by atoms with van der Waals surface area (Å²) in [5.74, 6) is 0.832. The van der Waals surface area contributed by atoms with Crippen molar-refractivity contribution >= 4 is 23.4 Å². The molecule has 1 aromatic rings. The SMILES string of the molecule is CC[C@H](C)Nc1nc(N)ncc1Cl. The van der Waals surface area contributed by atoms with Crippen LogP contribution >= 0.6 is 11.6 Å². The molecule has 1 atom stereocenters. The lowest BCUT2D eigenvalue weighted by atomic mass is 10.2. The normalized spacial score (nSPS) is 12.5. The third kappa shape index (κ3) is 2.73. The number of nitrogens with two attached hydrogens (primary N) is 1. The van der Waals surface area contributed by atoms with Crippen LogP contribution in [0.1, 0.15) is 20.3 Å². The van der Waals surface area contributed by atoms with Crippen LogP contribution in [0.3, 0.4) is 0 Å². The molecule has 1 aromatic heterocycles. The lowest BCUT2D eigenvalue weighted by molar-refractivity contribution is 0.759. The number of hydrogen-bond donors (Lipinski definition) is 2. The molecular weight excluding hydrogens is 188 g/mol. The lowest BCUT2D eigenvalue weighted by Crippen LogP contribution is -2.15. The summed E-state index contributed by atoms with van der Waals surface area (Å²) in [6.45, 7) is 4.13. The van der Waals surface area contributed by atoms with Gasteiger partial charge < -0.3 is 11.1 Å². The van der Waals surface area contributed by atoms with Gasteiger partial charge in [0.25, 0.3) is 0 Å². The van der Waals surface area contributed by atoms with Gasteiger partial charge in [0.2, 0.25) is 5.95 Å². The van der Waals surface area contributed by atoms with E-state index in [2.05, 4.69) is 29.1 Å². The van der Waals surface area contributed by atoms with E-state index in [1.807, 2.05) is 0 Å². The summed E-state index contributed by atoms with van der Waals surface area (Å²) in [7, 11) is 0. The molecule has 0 amide bonds. The van der Waals surface area contributed by atoms with E-state index in [1.165, 1.54) is 6.20 Å². The number of anilines is 2. The maximum atomic E-state index is 5.85. The van der Waals surface area contributed by atoms with E-state index in [9.17, 15) is 0 Å². The van der Waals surface area contributed by atoms with Crippen molar-refractivity contribution in [1.82, 2.24) is 9.97 Å². The second-order valence-electron chi connectivity index (χ2n) is 2.88. The average molecular weight is 201 g/mol. The molecule has 4 nitrogen and oxygen atoms in total. The van der Waals surface area contributed by atoms with Gasteiger partial charge in [-0.3, -0.25) is 0 Å². The van der Waals surface area contributed by atoms with Crippen molar-refractivity contribution in [2.24, 2.45) is 0 Å². The van der Waals surface area contributed by atoms with Gasteiger partial charge in [-0.2, -0.15) is 4.98 Å². The monoisotopic (exact) mass is 200 g/mol. The molecular formula is C8H13ClN4. The maximum Gasteiger partial charge on any atom is 0.222 e. The van der Waals surface area contributed by atoms with E-state index in [0.29, 0.717) is 16.9 Å². The van der Waals surface area contributed by atoms with E-state index in [-0.39, 0.29) is 5.95 Å². The number of aromatic nitrogens is 2.